The highest BCUT2D eigenvalue weighted by Gasteiger charge is 2.11. The van der Waals surface area contributed by atoms with Crippen molar-refractivity contribution in [3.63, 3.8) is 0 Å². The number of unbranched alkanes of at least 4 members (excludes halogenated alkanes) is 1. The number of nitrogens with zero attached hydrogens (tertiary/aromatic N) is 1. The van der Waals surface area contributed by atoms with E-state index in [1.54, 1.807) is 0 Å². The molecular weight excluding hydrogens is 367 g/mol. The molecule has 0 aliphatic carbocycles. The average Bonchev–Trinajstić information content (AvgIpc) is 2.69. The Hall–Kier alpha value is -0.360. The molecule has 0 saturated heterocycles. The van der Waals surface area contributed by atoms with E-state index in [2.05, 4.69) is 64.2 Å². The normalized spacial score (nSPS) is 13.0. The summed E-state index contributed by atoms with van der Waals surface area (Å²) >= 11 is 7.82. The first-order valence-electron chi connectivity index (χ1n) is 7.03. The second-order valence-electron chi connectivity index (χ2n) is 5.12. The van der Waals surface area contributed by atoms with Gasteiger partial charge in [0.15, 0.2) is 4.77 Å². The van der Waals surface area contributed by atoms with Crippen LogP contribution < -0.4 is 0 Å². The molecule has 1 unspecified atom stereocenters. The fourth-order valence-corrected chi connectivity index (χ4v) is 3.27. The first-order chi connectivity index (χ1) is 9.15. The molecular formula is C15H21IN2S. The number of nitrogens with one attached hydrogen (secondary N) is 1. The highest BCUT2D eigenvalue weighted by molar-refractivity contribution is 14.1. The van der Waals surface area contributed by atoms with Crippen LogP contribution in [0.25, 0.3) is 11.0 Å². The van der Waals surface area contributed by atoms with Crippen molar-refractivity contribution < 1.29 is 0 Å². The Morgan fingerprint density at radius 3 is 2.84 bits per heavy atom. The minimum atomic E-state index is 0.727. The fraction of sp³-hybridized carbons (Fsp3) is 0.533. The Bertz CT molecular complexity index is 600. The standard InChI is InChI=1S/C15H21IN2S/c1-3-5-6-11(4-2)10-18-14-8-7-12(16)9-13(14)17-15(18)19/h7-9,11H,3-6,10H2,1-2H3,(H,17,19). The zero-order valence-corrected chi connectivity index (χ0v) is 14.6. The van der Waals surface area contributed by atoms with Crippen molar-refractivity contribution in [2.75, 3.05) is 0 Å². The Balaban J connectivity index is 2.28. The molecule has 0 radical (unpaired) electrons. The molecule has 1 heterocycles. The smallest absolute Gasteiger partial charge is 0.178 e. The topological polar surface area (TPSA) is 20.7 Å². The van der Waals surface area contributed by atoms with E-state index >= 15 is 0 Å². The van der Waals surface area contributed by atoms with Crippen LogP contribution in [0.4, 0.5) is 0 Å². The second-order valence-corrected chi connectivity index (χ2v) is 6.75. The van der Waals surface area contributed by atoms with E-state index in [0.717, 1.165) is 22.8 Å². The van der Waals surface area contributed by atoms with Crippen molar-refractivity contribution in [1.29, 1.82) is 0 Å². The molecule has 1 N–H and O–H groups in total. The third-order valence-electron chi connectivity index (χ3n) is 3.72. The summed E-state index contributed by atoms with van der Waals surface area (Å²) in [5.74, 6) is 0.727. The number of benzene rings is 1. The van der Waals surface area contributed by atoms with Crippen LogP contribution in [0.15, 0.2) is 18.2 Å². The SMILES string of the molecule is CCCCC(CC)Cn1c(=S)[nH]c2cc(I)ccc21. The number of hydrogen-bond acceptors (Lipinski definition) is 1. The summed E-state index contributed by atoms with van der Waals surface area (Å²) in [5.41, 5.74) is 2.39. The Labute approximate surface area is 133 Å². The number of hydrogen-bond donors (Lipinski definition) is 1. The molecule has 0 aliphatic heterocycles. The molecule has 0 spiro atoms. The van der Waals surface area contributed by atoms with Gasteiger partial charge in [0.1, 0.15) is 0 Å². The monoisotopic (exact) mass is 388 g/mol. The maximum atomic E-state index is 5.48. The van der Waals surface area contributed by atoms with Crippen LogP contribution in [-0.2, 0) is 6.54 Å². The molecule has 1 atom stereocenters. The number of rotatable bonds is 6. The van der Waals surface area contributed by atoms with Crippen molar-refractivity contribution in [1.82, 2.24) is 9.55 Å². The molecule has 4 heteroatoms. The van der Waals surface area contributed by atoms with Crippen molar-refractivity contribution in [3.8, 4) is 0 Å². The summed E-state index contributed by atoms with van der Waals surface area (Å²) in [4.78, 5) is 3.33. The van der Waals surface area contributed by atoms with E-state index in [1.165, 1.54) is 34.8 Å². The number of imidazole rings is 1. The van der Waals surface area contributed by atoms with E-state index in [9.17, 15) is 0 Å². The zero-order chi connectivity index (χ0) is 13.8. The molecule has 0 fully saturated rings. The Morgan fingerprint density at radius 2 is 2.16 bits per heavy atom. The van der Waals surface area contributed by atoms with E-state index in [1.807, 2.05) is 0 Å². The minimum absolute atomic E-state index is 0.727. The van der Waals surface area contributed by atoms with Crippen molar-refractivity contribution >= 4 is 45.8 Å². The van der Waals surface area contributed by atoms with Gasteiger partial charge in [-0.25, -0.2) is 0 Å². The van der Waals surface area contributed by atoms with Crippen LogP contribution in [0.5, 0.6) is 0 Å². The molecule has 1 aromatic heterocycles. The molecule has 1 aromatic carbocycles. The summed E-state index contributed by atoms with van der Waals surface area (Å²) in [7, 11) is 0. The molecule has 0 saturated carbocycles. The molecule has 2 rings (SSSR count). The first-order valence-corrected chi connectivity index (χ1v) is 8.52. The molecule has 0 aliphatic rings. The van der Waals surface area contributed by atoms with Gasteiger partial charge in [-0.15, -0.1) is 0 Å². The number of halogens is 1. The lowest BCUT2D eigenvalue weighted by Crippen LogP contribution is -2.10. The van der Waals surface area contributed by atoms with Gasteiger partial charge in [-0.3, -0.25) is 0 Å². The summed E-state index contributed by atoms with van der Waals surface area (Å²) in [6, 6.07) is 6.49. The van der Waals surface area contributed by atoms with Gasteiger partial charge in [0.2, 0.25) is 0 Å². The van der Waals surface area contributed by atoms with Crippen LogP contribution in [-0.4, -0.2) is 9.55 Å². The number of aromatic amines is 1. The number of fused-ring (bicyclic) bond motifs is 1. The molecule has 19 heavy (non-hydrogen) atoms. The second kappa shape index (κ2) is 6.88. The van der Waals surface area contributed by atoms with E-state index in [4.69, 9.17) is 12.2 Å². The lowest BCUT2D eigenvalue weighted by molar-refractivity contribution is 0.393. The molecule has 0 amide bonds. The van der Waals surface area contributed by atoms with Gasteiger partial charge in [0, 0.05) is 10.1 Å². The van der Waals surface area contributed by atoms with Gasteiger partial charge >= 0.3 is 0 Å². The quantitative estimate of drug-likeness (QED) is 0.511. The molecule has 0 bridgehead atoms. The minimum Gasteiger partial charge on any atom is -0.331 e. The van der Waals surface area contributed by atoms with Crippen LogP contribution >= 0.6 is 34.8 Å². The predicted octanol–water partition coefficient (Wildman–Crippen LogP) is 5.52. The van der Waals surface area contributed by atoms with Gasteiger partial charge in [-0.1, -0.05) is 33.1 Å². The predicted molar refractivity (Wildman–Crippen MR) is 93.1 cm³/mol. The fourth-order valence-electron chi connectivity index (χ4n) is 2.49. The van der Waals surface area contributed by atoms with E-state index in [-0.39, 0.29) is 0 Å². The highest BCUT2D eigenvalue weighted by atomic mass is 127. The average molecular weight is 388 g/mol. The third kappa shape index (κ3) is 3.60. The maximum absolute atomic E-state index is 5.48. The molecule has 2 nitrogen and oxygen atoms in total. The maximum Gasteiger partial charge on any atom is 0.178 e. The molecule has 2 aromatic rings. The van der Waals surface area contributed by atoms with Crippen molar-refractivity contribution in [2.24, 2.45) is 5.92 Å². The Kier molecular flexibility index (Phi) is 5.45. The van der Waals surface area contributed by atoms with E-state index < -0.39 is 0 Å². The van der Waals surface area contributed by atoms with Gasteiger partial charge in [-0.2, -0.15) is 0 Å². The molecule has 104 valence electrons. The van der Waals surface area contributed by atoms with Gasteiger partial charge in [0.25, 0.3) is 0 Å². The number of aromatic nitrogens is 2. The van der Waals surface area contributed by atoms with Crippen LogP contribution in [0, 0.1) is 14.3 Å². The van der Waals surface area contributed by atoms with Crippen molar-refractivity contribution in [3.05, 3.63) is 26.5 Å². The van der Waals surface area contributed by atoms with Gasteiger partial charge in [-0.05, 0) is 65.3 Å². The van der Waals surface area contributed by atoms with E-state index in [0.29, 0.717) is 0 Å². The number of H-pyrrole nitrogens is 1. The summed E-state index contributed by atoms with van der Waals surface area (Å²) in [6.45, 7) is 5.57. The lowest BCUT2D eigenvalue weighted by Gasteiger charge is -2.15. The lowest BCUT2D eigenvalue weighted by atomic mass is 9.99. The van der Waals surface area contributed by atoms with Crippen LogP contribution in [0.2, 0.25) is 0 Å². The van der Waals surface area contributed by atoms with Crippen LogP contribution in [0.3, 0.4) is 0 Å². The van der Waals surface area contributed by atoms with Crippen molar-refractivity contribution in [2.45, 2.75) is 46.1 Å². The van der Waals surface area contributed by atoms with Crippen LogP contribution in [0.1, 0.15) is 39.5 Å². The van der Waals surface area contributed by atoms with Gasteiger partial charge in [0.05, 0.1) is 11.0 Å². The highest BCUT2D eigenvalue weighted by Crippen LogP contribution is 2.21. The Morgan fingerprint density at radius 1 is 1.37 bits per heavy atom. The largest absolute Gasteiger partial charge is 0.331 e. The summed E-state index contributed by atoms with van der Waals surface area (Å²) < 4.78 is 4.36. The van der Waals surface area contributed by atoms with Gasteiger partial charge < -0.3 is 9.55 Å². The zero-order valence-electron chi connectivity index (χ0n) is 11.6. The first kappa shape index (κ1) is 15.0. The summed E-state index contributed by atoms with van der Waals surface area (Å²) in [5, 5.41) is 0. The third-order valence-corrected chi connectivity index (χ3v) is 4.71. The summed E-state index contributed by atoms with van der Waals surface area (Å²) in [6.07, 6.45) is 5.10.